The van der Waals surface area contributed by atoms with E-state index < -0.39 is 0 Å². The van der Waals surface area contributed by atoms with Gasteiger partial charge in [-0.1, -0.05) is 23.8 Å². The number of likely N-dealkylation sites (tertiary alicyclic amines) is 1. The summed E-state index contributed by atoms with van der Waals surface area (Å²) in [7, 11) is 0. The van der Waals surface area contributed by atoms with Crippen LogP contribution in [-0.2, 0) is 9.59 Å². The van der Waals surface area contributed by atoms with E-state index in [1.54, 1.807) is 29.2 Å². The van der Waals surface area contributed by atoms with Crippen molar-refractivity contribution in [2.45, 2.75) is 19.8 Å². The number of aryl methyl sites for hydroxylation is 1. The number of nitriles is 1. The van der Waals surface area contributed by atoms with E-state index in [9.17, 15) is 9.59 Å². The number of rotatable bonds is 5. The third kappa shape index (κ3) is 5.10. The Morgan fingerprint density at radius 2 is 1.89 bits per heavy atom. The molecular formula is C22H23N3O3. The first kappa shape index (κ1) is 19.4. The summed E-state index contributed by atoms with van der Waals surface area (Å²) in [6, 6.07) is 16.5. The Morgan fingerprint density at radius 3 is 2.57 bits per heavy atom. The van der Waals surface area contributed by atoms with Gasteiger partial charge in [-0.25, -0.2) is 0 Å². The van der Waals surface area contributed by atoms with Crippen LogP contribution in [-0.4, -0.2) is 36.4 Å². The Hall–Kier alpha value is -3.33. The smallest absolute Gasteiger partial charge is 0.260 e. The lowest BCUT2D eigenvalue weighted by atomic mass is 9.95. The fourth-order valence-electron chi connectivity index (χ4n) is 3.17. The summed E-state index contributed by atoms with van der Waals surface area (Å²) in [5, 5.41) is 11.8. The molecule has 1 heterocycles. The number of nitrogens with one attached hydrogen (secondary N) is 1. The number of nitrogens with zero attached hydrogens (tertiary/aromatic N) is 2. The van der Waals surface area contributed by atoms with E-state index in [4.69, 9.17) is 10.00 Å². The van der Waals surface area contributed by atoms with Gasteiger partial charge >= 0.3 is 0 Å². The number of anilines is 1. The van der Waals surface area contributed by atoms with Crippen LogP contribution in [0.2, 0.25) is 0 Å². The summed E-state index contributed by atoms with van der Waals surface area (Å²) in [6.45, 7) is 3.06. The van der Waals surface area contributed by atoms with Crippen molar-refractivity contribution in [2.75, 3.05) is 25.0 Å². The molecule has 0 radical (unpaired) electrons. The van der Waals surface area contributed by atoms with Crippen molar-refractivity contribution in [3.63, 3.8) is 0 Å². The third-order valence-electron chi connectivity index (χ3n) is 4.86. The molecule has 28 heavy (non-hydrogen) atoms. The van der Waals surface area contributed by atoms with Gasteiger partial charge in [0.2, 0.25) is 5.91 Å². The predicted octanol–water partition coefficient (Wildman–Crippen LogP) is 3.12. The Balaban J connectivity index is 1.45. The lowest BCUT2D eigenvalue weighted by Gasteiger charge is -2.31. The number of amides is 2. The number of carbonyl (C=O) groups is 2. The van der Waals surface area contributed by atoms with Crippen LogP contribution in [0, 0.1) is 24.2 Å². The van der Waals surface area contributed by atoms with E-state index in [2.05, 4.69) is 11.4 Å². The molecule has 1 N–H and O–H groups in total. The molecule has 1 saturated heterocycles. The fraction of sp³-hybridized carbons (Fsp3) is 0.318. The maximum atomic E-state index is 12.5. The van der Waals surface area contributed by atoms with Gasteiger partial charge in [0.25, 0.3) is 5.91 Å². The third-order valence-corrected chi connectivity index (χ3v) is 4.86. The topological polar surface area (TPSA) is 82.4 Å². The van der Waals surface area contributed by atoms with Gasteiger partial charge < -0.3 is 15.0 Å². The van der Waals surface area contributed by atoms with Crippen LogP contribution in [0.25, 0.3) is 0 Å². The van der Waals surface area contributed by atoms with Crippen LogP contribution in [0.4, 0.5) is 5.69 Å². The first-order valence-electron chi connectivity index (χ1n) is 9.33. The van der Waals surface area contributed by atoms with E-state index in [-0.39, 0.29) is 24.3 Å². The molecule has 0 unspecified atom stereocenters. The average Bonchev–Trinajstić information content (AvgIpc) is 2.73. The Kier molecular flexibility index (Phi) is 6.28. The SMILES string of the molecule is Cc1ccc(OCC(=O)N2CCC(C(=O)Nc3cccc(C#N)c3)CC2)cc1. The molecule has 0 saturated carbocycles. The molecule has 2 aromatic carbocycles. The van der Waals surface area contributed by atoms with Gasteiger partial charge in [-0.05, 0) is 50.1 Å². The predicted molar refractivity (Wildman–Crippen MR) is 106 cm³/mol. The van der Waals surface area contributed by atoms with Crippen molar-refractivity contribution in [2.24, 2.45) is 5.92 Å². The lowest BCUT2D eigenvalue weighted by molar-refractivity contribution is -0.136. The zero-order valence-electron chi connectivity index (χ0n) is 15.9. The normalized spacial score (nSPS) is 14.2. The second-order valence-electron chi connectivity index (χ2n) is 6.94. The highest BCUT2D eigenvalue weighted by Crippen LogP contribution is 2.20. The molecule has 0 spiro atoms. The summed E-state index contributed by atoms with van der Waals surface area (Å²) >= 11 is 0. The van der Waals surface area contributed by atoms with Crippen LogP contribution in [0.3, 0.4) is 0 Å². The summed E-state index contributed by atoms with van der Waals surface area (Å²) in [5.41, 5.74) is 2.26. The first-order chi connectivity index (χ1) is 13.5. The highest BCUT2D eigenvalue weighted by molar-refractivity contribution is 5.93. The molecule has 0 bridgehead atoms. The van der Waals surface area contributed by atoms with E-state index in [1.165, 1.54) is 0 Å². The molecule has 0 aromatic heterocycles. The molecular weight excluding hydrogens is 354 g/mol. The van der Waals surface area contributed by atoms with Gasteiger partial charge in [-0.15, -0.1) is 0 Å². The quantitative estimate of drug-likeness (QED) is 0.868. The molecule has 0 atom stereocenters. The monoisotopic (exact) mass is 377 g/mol. The van der Waals surface area contributed by atoms with E-state index in [0.717, 1.165) is 5.56 Å². The Morgan fingerprint density at radius 1 is 1.18 bits per heavy atom. The molecule has 6 heteroatoms. The average molecular weight is 377 g/mol. The van der Waals surface area contributed by atoms with E-state index in [1.807, 2.05) is 31.2 Å². The number of ether oxygens (including phenoxy) is 1. The van der Waals surface area contributed by atoms with Crippen molar-refractivity contribution in [1.82, 2.24) is 4.90 Å². The summed E-state index contributed by atoms with van der Waals surface area (Å²) < 4.78 is 5.55. The minimum atomic E-state index is -0.146. The highest BCUT2D eigenvalue weighted by atomic mass is 16.5. The molecule has 3 rings (SSSR count). The van der Waals surface area contributed by atoms with E-state index >= 15 is 0 Å². The fourth-order valence-corrected chi connectivity index (χ4v) is 3.17. The van der Waals surface area contributed by atoms with Crippen molar-refractivity contribution in [1.29, 1.82) is 5.26 Å². The molecule has 0 aliphatic carbocycles. The van der Waals surface area contributed by atoms with Crippen LogP contribution >= 0.6 is 0 Å². The maximum absolute atomic E-state index is 12.5. The first-order valence-corrected chi connectivity index (χ1v) is 9.33. The Bertz CT molecular complexity index is 879. The van der Waals surface area contributed by atoms with Crippen LogP contribution in [0.15, 0.2) is 48.5 Å². The second-order valence-corrected chi connectivity index (χ2v) is 6.94. The summed E-state index contributed by atoms with van der Waals surface area (Å²) in [5.74, 6) is 0.389. The van der Waals surface area contributed by atoms with Gasteiger partial charge in [-0.3, -0.25) is 9.59 Å². The second kappa shape index (κ2) is 9.05. The zero-order chi connectivity index (χ0) is 19.9. The van der Waals surface area contributed by atoms with Gasteiger partial charge in [0, 0.05) is 24.7 Å². The minimum Gasteiger partial charge on any atom is -0.484 e. The standard InChI is InChI=1S/C22H23N3O3/c1-16-5-7-20(8-6-16)28-15-21(26)25-11-9-18(10-12-25)22(27)24-19-4-2-3-17(13-19)14-23/h2-8,13,18H,9-12,15H2,1H3,(H,24,27). The van der Waals surface area contributed by atoms with Crippen molar-refractivity contribution in [3.8, 4) is 11.8 Å². The zero-order valence-corrected chi connectivity index (χ0v) is 15.9. The molecule has 144 valence electrons. The Labute approximate surface area is 164 Å². The van der Waals surface area contributed by atoms with Crippen LogP contribution in [0.5, 0.6) is 5.75 Å². The highest BCUT2D eigenvalue weighted by Gasteiger charge is 2.27. The molecule has 1 fully saturated rings. The van der Waals surface area contributed by atoms with Gasteiger partial charge in [0.15, 0.2) is 6.61 Å². The van der Waals surface area contributed by atoms with Crippen LogP contribution in [0.1, 0.15) is 24.0 Å². The van der Waals surface area contributed by atoms with Crippen LogP contribution < -0.4 is 10.1 Å². The minimum absolute atomic E-state index is 0.000869. The number of hydrogen-bond donors (Lipinski definition) is 1. The summed E-state index contributed by atoms with van der Waals surface area (Å²) in [6.07, 6.45) is 1.22. The van der Waals surface area contributed by atoms with Gasteiger partial charge in [-0.2, -0.15) is 5.26 Å². The van der Waals surface area contributed by atoms with E-state index in [0.29, 0.717) is 42.9 Å². The number of piperidine rings is 1. The molecule has 1 aliphatic heterocycles. The van der Waals surface area contributed by atoms with Crippen molar-refractivity contribution >= 4 is 17.5 Å². The van der Waals surface area contributed by atoms with Crippen molar-refractivity contribution < 1.29 is 14.3 Å². The molecule has 6 nitrogen and oxygen atoms in total. The molecule has 1 aliphatic rings. The number of hydrogen-bond acceptors (Lipinski definition) is 4. The number of benzene rings is 2. The van der Waals surface area contributed by atoms with Crippen molar-refractivity contribution in [3.05, 3.63) is 59.7 Å². The molecule has 2 amide bonds. The number of carbonyl (C=O) groups excluding carboxylic acids is 2. The molecule has 2 aromatic rings. The summed E-state index contributed by atoms with van der Waals surface area (Å²) in [4.78, 5) is 26.6. The van der Waals surface area contributed by atoms with Gasteiger partial charge in [0.1, 0.15) is 5.75 Å². The maximum Gasteiger partial charge on any atom is 0.260 e. The largest absolute Gasteiger partial charge is 0.484 e. The lowest BCUT2D eigenvalue weighted by Crippen LogP contribution is -2.43. The van der Waals surface area contributed by atoms with Gasteiger partial charge in [0.05, 0.1) is 11.6 Å².